The Morgan fingerprint density at radius 2 is 1.86 bits per heavy atom. The van der Waals surface area contributed by atoms with E-state index >= 15 is 0 Å². The molecule has 2 fully saturated rings. The molecule has 198 valence electrons. The van der Waals surface area contributed by atoms with Crippen molar-refractivity contribution in [3.63, 3.8) is 0 Å². The van der Waals surface area contributed by atoms with Crippen LogP contribution in [0.15, 0.2) is 24.3 Å². The molecule has 1 aliphatic carbocycles. The SMILES string of the molecule is N#CC1(COc2cc(F)c(C(=O)O)cc2C2CC2)CCN(CCc2cc(C(F)(F)F)cc(Cl)c2F)CC1. The molecule has 1 aliphatic heterocycles. The van der Waals surface area contributed by atoms with Gasteiger partial charge in [-0.3, -0.25) is 0 Å². The lowest BCUT2D eigenvalue weighted by Crippen LogP contribution is -2.43. The fraction of sp³-hybridized carbons (Fsp3) is 0.462. The summed E-state index contributed by atoms with van der Waals surface area (Å²) < 4.78 is 73.7. The minimum atomic E-state index is -4.64. The summed E-state index contributed by atoms with van der Waals surface area (Å²) in [5.74, 6) is -2.81. The third-order valence-corrected chi connectivity index (χ3v) is 7.30. The molecule has 0 bridgehead atoms. The molecule has 2 aliphatic rings. The third-order valence-electron chi connectivity index (χ3n) is 7.03. The number of ether oxygens (including phenoxy) is 1. The van der Waals surface area contributed by atoms with E-state index in [2.05, 4.69) is 6.07 Å². The smallest absolute Gasteiger partial charge is 0.416 e. The monoisotopic (exact) mass is 542 g/mol. The van der Waals surface area contributed by atoms with E-state index in [1.807, 2.05) is 4.90 Å². The van der Waals surface area contributed by atoms with Gasteiger partial charge in [0, 0.05) is 12.6 Å². The van der Waals surface area contributed by atoms with Crippen LogP contribution in [0.5, 0.6) is 5.75 Å². The largest absolute Gasteiger partial charge is 0.492 e. The average molecular weight is 543 g/mol. The van der Waals surface area contributed by atoms with Crippen molar-refractivity contribution in [3.8, 4) is 11.8 Å². The van der Waals surface area contributed by atoms with E-state index in [-0.39, 0.29) is 36.8 Å². The van der Waals surface area contributed by atoms with Crippen molar-refractivity contribution >= 4 is 17.6 Å². The van der Waals surface area contributed by atoms with Gasteiger partial charge in [0.05, 0.1) is 27.6 Å². The number of hydrogen-bond donors (Lipinski definition) is 1. The summed E-state index contributed by atoms with van der Waals surface area (Å²) in [6.45, 7) is 1.14. The first-order valence-electron chi connectivity index (χ1n) is 11.8. The Morgan fingerprint density at radius 3 is 2.43 bits per heavy atom. The average Bonchev–Trinajstić information content (AvgIpc) is 3.69. The number of aromatic carboxylic acids is 1. The summed E-state index contributed by atoms with van der Waals surface area (Å²) in [6, 6.07) is 5.98. The molecular formula is C26H24ClF5N2O3. The molecule has 37 heavy (non-hydrogen) atoms. The number of carboxylic acid groups (broad SMARTS) is 1. The topological polar surface area (TPSA) is 73.6 Å². The lowest BCUT2D eigenvalue weighted by Gasteiger charge is -2.37. The summed E-state index contributed by atoms with van der Waals surface area (Å²) in [4.78, 5) is 13.2. The van der Waals surface area contributed by atoms with Crippen molar-refractivity contribution in [3.05, 3.63) is 63.2 Å². The van der Waals surface area contributed by atoms with Crippen LogP contribution in [0.2, 0.25) is 5.02 Å². The molecule has 0 radical (unpaired) electrons. The fourth-order valence-corrected chi connectivity index (χ4v) is 4.79. The Bertz CT molecular complexity index is 1230. The maximum atomic E-state index is 14.3. The van der Waals surface area contributed by atoms with Crippen LogP contribution in [0.1, 0.15) is 58.6 Å². The van der Waals surface area contributed by atoms with Crippen LogP contribution in [-0.4, -0.2) is 42.2 Å². The van der Waals surface area contributed by atoms with E-state index in [4.69, 9.17) is 16.3 Å². The van der Waals surface area contributed by atoms with Gasteiger partial charge in [-0.2, -0.15) is 18.4 Å². The Labute approximate surface area is 215 Å². The highest BCUT2D eigenvalue weighted by Crippen LogP contribution is 2.46. The molecular weight excluding hydrogens is 519 g/mol. The van der Waals surface area contributed by atoms with E-state index in [0.717, 1.165) is 25.0 Å². The van der Waals surface area contributed by atoms with E-state index < -0.39 is 45.3 Å². The highest BCUT2D eigenvalue weighted by Gasteiger charge is 2.37. The van der Waals surface area contributed by atoms with Crippen molar-refractivity contribution in [2.75, 3.05) is 26.2 Å². The lowest BCUT2D eigenvalue weighted by molar-refractivity contribution is -0.137. The molecule has 1 heterocycles. The number of nitriles is 1. The van der Waals surface area contributed by atoms with Crippen LogP contribution >= 0.6 is 11.6 Å². The van der Waals surface area contributed by atoms with E-state index in [0.29, 0.717) is 37.6 Å². The molecule has 0 aromatic heterocycles. The quantitative estimate of drug-likeness (QED) is 0.389. The van der Waals surface area contributed by atoms with Crippen LogP contribution in [0.4, 0.5) is 22.0 Å². The number of alkyl halides is 3. The van der Waals surface area contributed by atoms with Crippen molar-refractivity contribution in [1.82, 2.24) is 4.90 Å². The molecule has 4 rings (SSSR count). The van der Waals surface area contributed by atoms with Gasteiger partial charge in [-0.15, -0.1) is 0 Å². The summed E-state index contributed by atoms with van der Waals surface area (Å²) in [5.41, 5.74) is -1.81. The minimum Gasteiger partial charge on any atom is -0.492 e. The maximum absolute atomic E-state index is 14.3. The first-order chi connectivity index (χ1) is 17.4. The summed E-state index contributed by atoms with van der Waals surface area (Å²) in [5, 5.41) is 18.5. The lowest BCUT2D eigenvalue weighted by atomic mass is 9.80. The van der Waals surface area contributed by atoms with Gasteiger partial charge in [0.15, 0.2) is 0 Å². The zero-order valence-electron chi connectivity index (χ0n) is 19.7. The van der Waals surface area contributed by atoms with Crippen molar-refractivity contribution in [2.45, 2.75) is 44.2 Å². The van der Waals surface area contributed by atoms with Crippen LogP contribution in [-0.2, 0) is 12.6 Å². The summed E-state index contributed by atoms with van der Waals surface area (Å²) >= 11 is 5.67. The van der Waals surface area contributed by atoms with Gasteiger partial charge in [-0.1, -0.05) is 11.6 Å². The molecule has 1 saturated carbocycles. The third kappa shape index (κ3) is 6.16. The molecule has 2 aromatic carbocycles. The van der Waals surface area contributed by atoms with Crippen LogP contribution in [0.3, 0.4) is 0 Å². The summed E-state index contributed by atoms with van der Waals surface area (Å²) in [7, 11) is 0. The van der Waals surface area contributed by atoms with Gasteiger partial charge in [-0.05, 0) is 80.4 Å². The maximum Gasteiger partial charge on any atom is 0.416 e. The molecule has 0 amide bonds. The number of benzene rings is 2. The highest BCUT2D eigenvalue weighted by molar-refractivity contribution is 6.30. The zero-order valence-corrected chi connectivity index (χ0v) is 20.4. The van der Waals surface area contributed by atoms with Crippen LogP contribution in [0, 0.1) is 28.4 Å². The highest BCUT2D eigenvalue weighted by atomic mass is 35.5. The molecule has 5 nitrogen and oxygen atoms in total. The number of carboxylic acids is 1. The first kappa shape index (κ1) is 27.1. The first-order valence-corrected chi connectivity index (χ1v) is 12.2. The number of likely N-dealkylation sites (tertiary alicyclic amines) is 1. The number of rotatable bonds is 8. The molecule has 2 aromatic rings. The Kier molecular flexibility index (Phi) is 7.67. The molecule has 1 saturated heterocycles. The molecule has 0 unspecified atom stereocenters. The summed E-state index contributed by atoms with van der Waals surface area (Å²) in [6.07, 6.45) is -2.15. The van der Waals surface area contributed by atoms with Gasteiger partial charge < -0.3 is 14.7 Å². The van der Waals surface area contributed by atoms with Crippen molar-refractivity contribution in [1.29, 1.82) is 5.26 Å². The second-order valence-corrected chi connectivity index (χ2v) is 10.1. The standard InChI is InChI=1S/C26H24ClF5N2O3/c27-20-10-17(26(30,31)32)9-16(23(20)29)3-6-34-7-4-25(13-33,5-8-34)14-37-22-12-21(28)19(24(35)36)11-18(22)15-1-2-15/h9-12,15H,1-8,14H2,(H,35,36). The van der Waals surface area contributed by atoms with Crippen molar-refractivity contribution in [2.24, 2.45) is 5.41 Å². The second kappa shape index (κ2) is 10.5. The second-order valence-electron chi connectivity index (χ2n) is 9.65. The van der Waals surface area contributed by atoms with Crippen LogP contribution in [0.25, 0.3) is 0 Å². The van der Waals surface area contributed by atoms with Gasteiger partial charge in [0.25, 0.3) is 0 Å². The minimum absolute atomic E-state index is 0.0131. The number of carbonyl (C=O) groups is 1. The molecule has 11 heteroatoms. The number of halogens is 6. The molecule has 0 atom stereocenters. The molecule has 0 spiro atoms. The Morgan fingerprint density at radius 1 is 1.19 bits per heavy atom. The van der Waals surface area contributed by atoms with E-state index in [9.17, 15) is 37.1 Å². The normalized spacial score (nSPS) is 17.9. The Balaban J connectivity index is 1.38. The van der Waals surface area contributed by atoms with Gasteiger partial charge in [-0.25, -0.2) is 13.6 Å². The predicted molar refractivity (Wildman–Crippen MR) is 125 cm³/mol. The number of piperidine rings is 1. The molecule has 1 N–H and O–H groups in total. The number of nitrogens with zero attached hydrogens (tertiary/aromatic N) is 2. The van der Waals surface area contributed by atoms with E-state index in [1.54, 1.807) is 0 Å². The fourth-order valence-electron chi connectivity index (χ4n) is 4.55. The van der Waals surface area contributed by atoms with Crippen molar-refractivity contribution < 1.29 is 36.6 Å². The zero-order chi connectivity index (χ0) is 27.0. The van der Waals surface area contributed by atoms with Gasteiger partial charge in [0.1, 0.15) is 24.0 Å². The van der Waals surface area contributed by atoms with Crippen LogP contribution < -0.4 is 4.74 Å². The van der Waals surface area contributed by atoms with E-state index in [1.165, 1.54) is 6.07 Å². The number of hydrogen-bond acceptors (Lipinski definition) is 4. The van der Waals surface area contributed by atoms with Gasteiger partial charge >= 0.3 is 12.1 Å². The van der Waals surface area contributed by atoms with Gasteiger partial charge in [0.2, 0.25) is 0 Å². The Hall–Kier alpha value is -2.90. The predicted octanol–water partition coefficient (Wildman–Crippen LogP) is 6.44.